The van der Waals surface area contributed by atoms with Crippen molar-refractivity contribution in [2.45, 2.75) is 0 Å². The molecular formula is C4H6O4S. The number of rotatable bonds is 3. The molecule has 9 heavy (non-hydrogen) atoms. The molecule has 0 unspecified atom stereocenters. The standard InChI is InChI=1S/C4H6O4S/c5-3-1-2-4-9(6,7)8/h1-3H,4H2,(H,6,7,8). The monoisotopic (exact) mass is 150 g/mol. The van der Waals surface area contributed by atoms with Crippen LogP contribution in [-0.2, 0) is 14.9 Å². The normalized spacial score (nSPS) is 12.1. The molecule has 0 radical (unpaired) electrons. The molecule has 0 heterocycles. The van der Waals surface area contributed by atoms with Crippen LogP contribution in [0.3, 0.4) is 0 Å². The third-order valence-corrected chi connectivity index (χ3v) is 1.14. The van der Waals surface area contributed by atoms with Gasteiger partial charge in [-0.25, -0.2) is 0 Å². The summed E-state index contributed by atoms with van der Waals surface area (Å²) in [6, 6.07) is 0. The highest BCUT2D eigenvalue weighted by atomic mass is 32.2. The summed E-state index contributed by atoms with van der Waals surface area (Å²) in [6.07, 6.45) is 2.50. The summed E-state index contributed by atoms with van der Waals surface area (Å²) in [4.78, 5) is 9.53. The second kappa shape index (κ2) is 3.37. The molecule has 0 aliphatic rings. The average Bonchev–Trinajstić information content (AvgIpc) is 1.63. The third kappa shape index (κ3) is 7.32. The number of carbonyl (C=O) groups excluding carboxylic acids is 1. The molecule has 0 amide bonds. The van der Waals surface area contributed by atoms with E-state index in [1.54, 1.807) is 0 Å². The van der Waals surface area contributed by atoms with Gasteiger partial charge in [0.1, 0.15) is 6.29 Å². The Morgan fingerprint density at radius 1 is 1.44 bits per heavy atom. The van der Waals surface area contributed by atoms with E-state index in [1.165, 1.54) is 0 Å². The van der Waals surface area contributed by atoms with Gasteiger partial charge in [-0.2, -0.15) is 8.42 Å². The van der Waals surface area contributed by atoms with Gasteiger partial charge in [-0.05, 0) is 6.08 Å². The van der Waals surface area contributed by atoms with Crippen LogP contribution < -0.4 is 0 Å². The van der Waals surface area contributed by atoms with Crippen LogP contribution in [0.25, 0.3) is 0 Å². The molecule has 0 bridgehead atoms. The van der Waals surface area contributed by atoms with E-state index in [4.69, 9.17) is 4.55 Å². The van der Waals surface area contributed by atoms with Gasteiger partial charge in [-0.15, -0.1) is 0 Å². The molecule has 4 nitrogen and oxygen atoms in total. The zero-order chi connectivity index (χ0) is 7.33. The fourth-order valence-electron chi connectivity index (χ4n) is 0.233. The van der Waals surface area contributed by atoms with Gasteiger partial charge in [0.15, 0.2) is 0 Å². The predicted molar refractivity (Wildman–Crippen MR) is 31.6 cm³/mol. The van der Waals surface area contributed by atoms with Crippen molar-refractivity contribution in [1.29, 1.82) is 0 Å². The zero-order valence-corrected chi connectivity index (χ0v) is 5.34. The molecule has 5 heteroatoms. The lowest BCUT2D eigenvalue weighted by Gasteiger charge is -1.83. The summed E-state index contributed by atoms with van der Waals surface area (Å²) in [5.74, 6) is -0.508. The van der Waals surface area contributed by atoms with E-state index < -0.39 is 15.9 Å². The highest BCUT2D eigenvalue weighted by Gasteiger charge is 1.97. The summed E-state index contributed by atoms with van der Waals surface area (Å²) in [5, 5.41) is 0. The maximum atomic E-state index is 9.89. The van der Waals surface area contributed by atoms with Crippen molar-refractivity contribution in [3.05, 3.63) is 12.2 Å². The topological polar surface area (TPSA) is 71.4 Å². The van der Waals surface area contributed by atoms with Gasteiger partial charge in [0.25, 0.3) is 10.1 Å². The Hall–Kier alpha value is -0.680. The highest BCUT2D eigenvalue weighted by Crippen LogP contribution is 1.81. The van der Waals surface area contributed by atoms with Gasteiger partial charge in [-0.3, -0.25) is 9.35 Å². The Morgan fingerprint density at radius 2 is 2.00 bits per heavy atom. The molecule has 52 valence electrons. The third-order valence-electron chi connectivity index (χ3n) is 0.521. The van der Waals surface area contributed by atoms with Crippen molar-refractivity contribution < 1.29 is 17.8 Å². The van der Waals surface area contributed by atoms with Crippen LogP contribution in [0, 0.1) is 0 Å². The molecular weight excluding hydrogens is 144 g/mol. The van der Waals surface area contributed by atoms with Crippen LogP contribution in [0.2, 0.25) is 0 Å². The maximum Gasteiger partial charge on any atom is 0.268 e. The van der Waals surface area contributed by atoms with E-state index in [1.807, 2.05) is 0 Å². The molecule has 0 rings (SSSR count). The Bertz CT molecular complexity index is 201. The average molecular weight is 150 g/mol. The Kier molecular flexibility index (Phi) is 3.11. The predicted octanol–water partition coefficient (Wildman–Crippen LogP) is -0.371. The minimum absolute atomic E-state index is 0.436. The first-order chi connectivity index (χ1) is 4.06. The van der Waals surface area contributed by atoms with Gasteiger partial charge in [0.05, 0.1) is 5.75 Å². The first kappa shape index (κ1) is 8.32. The van der Waals surface area contributed by atoms with E-state index in [2.05, 4.69) is 0 Å². The Morgan fingerprint density at radius 3 is 2.33 bits per heavy atom. The van der Waals surface area contributed by atoms with Crippen LogP contribution in [0.4, 0.5) is 0 Å². The minimum atomic E-state index is -3.94. The Balaban J connectivity index is 3.78. The fraction of sp³-hybridized carbons (Fsp3) is 0.250. The summed E-state index contributed by atoms with van der Waals surface area (Å²) < 4.78 is 27.8. The van der Waals surface area contributed by atoms with E-state index in [9.17, 15) is 13.2 Å². The number of aldehydes is 1. The van der Waals surface area contributed by atoms with Crippen molar-refractivity contribution in [2.24, 2.45) is 0 Å². The molecule has 0 spiro atoms. The van der Waals surface area contributed by atoms with Crippen molar-refractivity contribution >= 4 is 16.4 Å². The zero-order valence-electron chi connectivity index (χ0n) is 4.52. The second-order valence-electron chi connectivity index (χ2n) is 1.31. The first-order valence-corrected chi connectivity index (χ1v) is 3.72. The van der Waals surface area contributed by atoms with Crippen molar-refractivity contribution in [1.82, 2.24) is 0 Å². The lowest BCUT2D eigenvalue weighted by Crippen LogP contribution is -1.99. The van der Waals surface area contributed by atoms with Crippen LogP contribution in [-0.4, -0.2) is 25.0 Å². The maximum absolute atomic E-state index is 9.89. The van der Waals surface area contributed by atoms with Gasteiger partial charge in [-0.1, -0.05) is 6.08 Å². The van der Waals surface area contributed by atoms with Crippen molar-refractivity contribution in [2.75, 3.05) is 5.75 Å². The second-order valence-corrected chi connectivity index (χ2v) is 2.81. The van der Waals surface area contributed by atoms with Gasteiger partial charge in [0, 0.05) is 0 Å². The lowest BCUT2D eigenvalue weighted by molar-refractivity contribution is -0.104. The van der Waals surface area contributed by atoms with Crippen LogP contribution in [0.1, 0.15) is 0 Å². The van der Waals surface area contributed by atoms with E-state index in [-0.39, 0.29) is 0 Å². The molecule has 0 atom stereocenters. The van der Waals surface area contributed by atoms with Crippen LogP contribution in [0.15, 0.2) is 12.2 Å². The van der Waals surface area contributed by atoms with Gasteiger partial charge in [0.2, 0.25) is 0 Å². The quantitative estimate of drug-likeness (QED) is 0.338. The summed E-state index contributed by atoms with van der Waals surface area (Å²) in [6.45, 7) is 0. The molecule has 0 aliphatic carbocycles. The molecule has 0 aromatic carbocycles. The van der Waals surface area contributed by atoms with E-state index >= 15 is 0 Å². The number of allylic oxidation sites excluding steroid dienone is 1. The SMILES string of the molecule is O=CC=CCS(=O)(=O)O. The summed E-state index contributed by atoms with van der Waals surface area (Å²) in [5.41, 5.74) is 0. The van der Waals surface area contributed by atoms with Crippen molar-refractivity contribution in [3.63, 3.8) is 0 Å². The van der Waals surface area contributed by atoms with Crippen molar-refractivity contribution in [3.8, 4) is 0 Å². The lowest BCUT2D eigenvalue weighted by atomic mass is 10.6. The highest BCUT2D eigenvalue weighted by molar-refractivity contribution is 7.85. The molecule has 0 saturated carbocycles. The molecule has 0 fully saturated rings. The van der Waals surface area contributed by atoms with E-state index in [0.717, 1.165) is 12.2 Å². The van der Waals surface area contributed by atoms with E-state index in [0.29, 0.717) is 6.29 Å². The van der Waals surface area contributed by atoms with Crippen LogP contribution in [0.5, 0.6) is 0 Å². The smallest absolute Gasteiger partial charge is 0.268 e. The molecule has 0 saturated heterocycles. The summed E-state index contributed by atoms with van der Waals surface area (Å²) >= 11 is 0. The number of carbonyl (C=O) groups is 1. The van der Waals surface area contributed by atoms with Gasteiger partial charge >= 0.3 is 0 Å². The fourth-order valence-corrected chi connectivity index (χ4v) is 0.587. The first-order valence-electron chi connectivity index (χ1n) is 2.12. The van der Waals surface area contributed by atoms with Gasteiger partial charge < -0.3 is 0 Å². The van der Waals surface area contributed by atoms with Crippen LogP contribution >= 0.6 is 0 Å². The molecule has 0 aliphatic heterocycles. The molecule has 0 aromatic heterocycles. The molecule has 1 N–H and O–H groups in total. The number of hydrogen-bond acceptors (Lipinski definition) is 3. The summed E-state index contributed by atoms with van der Waals surface area (Å²) in [7, 11) is -3.94. The minimum Gasteiger partial charge on any atom is -0.299 e. The molecule has 0 aromatic rings. The largest absolute Gasteiger partial charge is 0.299 e. The Labute approximate surface area is 52.9 Å². The number of hydrogen-bond donors (Lipinski definition) is 1.